The van der Waals surface area contributed by atoms with Crippen LogP contribution in [0.1, 0.15) is 29.8 Å². The molecule has 0 spiro atoms. The monoisotopic (exact) mass is 442 g/mol. The molecule has 2 N–H and O–H groups in total. The third-order valence-corrected chi connectivity index (χ3v) is 5.87. The zero-order valence-electron chi connectivity index (χ0n) is 18.3. The second-order valence-electron chi connectivity index (χ2n) is 8.36. The number of halogens is 1. The van der Waals surface area contributed by atoms with Gasteiger partial charge in [0, 0.05) is 17.1 Å². The van der Waals surface area contributed by atoms with Crippen molar-refractivity contribution < 1.29 is 9.18 Å². The lowest BCUT2D eigenvalue weighted by molar-refractivity contribution is -0.118. The maximum Gasteiger partial charge on any atom is 0.235 e. The summed E-state index contributed by atoms with van der Waals surface area (Å²) in [6.45, 7) is 3.91. The van der Waals surface area contributed by atoms with Crippen molar-refractivity contribution in [2.24, 2.45) is 0 Å². The summed E-state index contributed by atoms with van der Waals surface area (Å²) in [5, 5.41) is 19.1. The van der Waals surface area contributed by atoms with Gasteiger partial charge in [-0.3, -0.25) is 4.79 Å². The van der Waals surface area contributed by atoms with E-state index in [1.807, 2.05) is 56.3 Å². The van der Waals surface area contributed by atoms with Gasteiger partial charge in [0.15, 0.2) is 11.6 Å². The SMILES string of the molecule is Cc1cc(C)n(-c2ccc(Nc3ccc(NC(=O)C4(c5ccc(F)cc5)CC4)cc3)nn2)n1. The summed E-state index contributed by atoms with van der Waals surface area (Å²) >= 11 is 0. The number of hydrogen-bond acceptors (Lipinski definition) is 5. The van der Waals surface area contributed by atoms with E-state index >= 15 is 0 Å². The number of aryl methyl sites for hydroxylation is 2. The molecule has 2 aromatic carbocycles. The van der Waals surface area contributed by atoms with Crippen LogP contribution >= 0.6 is 0 Å². The number of hydrogen-bond donors (Lipinski definition) is 2. The van der Waals surface area contributed by atoms with Gasteiger partial charge in [-0.15, -0.1) is 10.2 Å². The summed E-state index contributed by atoms with van der Waals surface area (Å²) in [4.78, 5) is 12.9. The van der Waals surface area contributed by atoms with Gasteiger partial charge < -0.3 is 10.6 Å². The number of benzene rings is 2. The predicted octanol–water partition coefficient (Wildman–Crippen LogP) is 4.83. The molecule has 0 radical (unpaired) electrons. The van der Waals surface area contributed by atoms with Crippen LogP contribution in [0.5, 0.6) is 0 Å². The molecule has 33 heavy (non-hydrogen) atoms. The number of anilines is 3. The van der Waals surface area contributed by atoms with Crippen LogP contribution in [-0.4, -0.2) is 25.9 Å². The molecule has 1 aliphatic carbocycles. The maximum absolute atomic E-state index is 13.2. The Labute approximate surface area is 190 Å². The number of nitrogens with one attached hydrogen (secondary N) is 2. The third-order valence-electron chi connectivity index (χ3n) is 5.87. The number of carbonyl (C=O) groups is 1. The van der Waals surface area contributed by atoms with E-state index in [-0.39, 0.29) is 11.7 Å². The van der Waals surface area contributed by atoms with Gasteiger partial charge in [-0.25, -0.2) is 9.07 Å². The molecule has 1 fully saturated rings. The fourth-order valence-corrected chi connectivity index (χ4v) is 3.94. The Morgan fingerprint density at radius 2 is 1.64 bits per heavy atom. The molecular weight excluding hydrogens is 419 g/mol. The van der Waals surface area contributed by atoms with Gasteiger partial charge in [0.2, 0.25) is 5.91 Å². The van der Waals surface area contributed by atoms with Crippen molar-refractivity contribution in [1.29, 1.82) is 0 Å². The van der Waals surface area contributed by atoms with Gasteiger partial charge >= 0.3 is 0 Å². The van der Waals surface area contributed by atoms with Crippen LogP contribution in [0.15, 0.2) is 66.7 Å². The average molecular weight is 442 g/mol. The minimum atomic E-state index is -0.562. The summed E-state index contributed by atoms with van der Waals surface area (Å²) in [6.07, 6.45) is 1.52. The van der Waals surface area contributed by atoms with Crippen LogP contribution in [0, 0.1) is 19.7 Å². The Morgan fingerprint density at radius 1 is 0.939 bits per heavy atom. The van der Waals surface area contributed by atoms with Crippen molar-refractivity contribution in [3.63, 3.8) is 0 Å². The normalized spacial score (nSPS) is 14.0. The summed E-state index contributed by atoms with van der Waals surface area (Å²) < 4.78 is 15.0. The first-order valence-corrected chi connectivity index (χ1v) is 10.7. The Morgan fingerprint density at radius 3 is 2.21 bits per heavy atom. The molecule has 166 valence electrons. The van der Waals surface area contributed by atoms with Crippen molar-refractivity contribution in [3.8, 4) is 5.82 Å². The molecule has 8 heteroatoms. The van der Waals surface area contributed by atoms with Gasteiger partial charge in [0.25, 0.3) is 0 Å². The fourth-order valence-electron chi connectivity index (χ4n) is 3.94. The largest absolute Gasteiger partial charge is 0.339 e. The van der Waals surface area contributed by atoms with E-state index < -0.39 is 5.41 Å². The average Bonchev–Trinajstić information content (AvgIpc) is 3.55. The molecule has 2 heterocycles. The van der Waals surface area contributed by atoms with Gasteiger partial charge in [-0.05, 0) is 86.8 Å². The van der Waals surface area contributed by atoms with Gasteiger partial charge in [0.05, 0.1) is 11.1 Å². The predicted molar refractivity (Wildman–Crippen MR) is 124 cm³/mol. The van der Waals surface area contributed by atoms with E-state index in [0.717, 1.165) is 35.5 Å². The molecule has 0 aliphatic heterocycles. The van der Waals surface area contributed by atoms with Crippen LogP contribution in [0.2, 0.25) is 0 Å². The lowest BCUT2D eigenvalue weighted by atomic mass is 9.95. The molecular formula is C25H23FN6O. The van der Waals surface area contributed by atoms with Gasteiger partial charge in [-0.2, -0.15) is 5.10 Å². The van der Waals surface area contributed by atoms with E-state index in [4.69, 9.17) is 0 Å². The molecule has 0 bridgehead atoms. The quantitative estimate of drug-likeness (QED) is 0.447. The lowest BCUT2D eigenvalue weighted by Crippen LogP contribution is -2.27. The number of amides is 1. The lowest BCUT2D eigenvalue weighted by Gasteiger charge is -2.16. The van der Waals surface area contributed by atoms with Crippen molar-refractivity contribution >= 4 is 23.1 Å². The molecule has 2 aromatic heterocycles. The van der Waals surface area contributed by atoms with Crippen LogP contribution in [0.3, 0.4) is 0 Å². The maximum atomic E-state index is 13.2. The Kier molecular flexibility index (Phi) is 5.12. The van der Waals surface area contributed by atoms with E-state index in [1.165, 1.54) is 12.1 Å². The van der Waals surface area contributed by atoms with E-state index in [0.29, 0.717) is 17.3 Å². The summed E-state index contributed by atoms with van der Waals surface area (Å²) in [6, 6.07) is 19.3. The second-order valence-corrected chi connectivity index (χ2v) is 8.36. The first-order chi connectivity index (χ1) is 15.9. The molecule has 1 saturated carbocycles. The summed E-state index contributed by atoms with van der Waals surface area (Å²) in [5.41, 5.74) is 3.72. The first-order valence-electron chi connectivity index (χ1n) is 10.7. The standard InChI is InChI=1S/C25H23FN6O/c1-16-15-17(2)32(31-16)23-12-11-22(29-30-23)27-20-7-9-21(10-8-20)28-24(33)25(13-14-25)18-3-5-19(26)6-4-18/h3-12,15H,13-14H2,1-2H3,(H,27,29)(H,28,33). The van der Waals surface area contributed by atoms with Crippen LogP contribution < -0.4 is 10.6 Å². The minimum Gasteiger partial charge on any atom is -0.339 e. The highest BCUT2D eigenvalue weighted by molar-refractivity contribution is 6.01. The first kappa shape index (κ1) is 20.8. The molecule has 7 nitrogen and oxygen atoms in total. The van der Waals surface area contributed by atoms with E-state index in [1.54, 1.807) is 16.8 Å². The summed E-state index contributed by atoms with van der Waals surface area (Å²) in [7, 11) is 0. The number of rotatable bonds is 6. The number of aromatic nitrogens is 4. The molecule has 1 aliphatic rings. The molecule has 5 rings (SSSR count). The van der Waals surface area contributed by atoms with Gasteiger partial charge in [0.1, 0.15) is 5.82 Å². The van der Waals surface area contributed by atoms with Crippen molar-refractivity contribution in [3.05, 3.63) is 89.5 Å². The fraction of sp³-hybridized carbons (Fsp3) is 0.200. The highest BCUT2D eigenvalue weighted by atomic mass is 19.1. The summed E-state index contributed by atoms with van der Waals surface area (Å²) in [5.74, 6) is 0.883. The molecule has 0 atom stereocenters. The van der Waals surface area contributed by atoms with Crippen LogP contribution in [-0.2, 0) is 10.2 Å². The molecule has 1 amide bonds. The molecule has 0 unspecified atom stereocenters. The van der Waals surface area contributed by atoms with Crippen LogP contribution in [0.25, 0.3) is 5.82 Å². The zero-order valence-corrected chi connectivity index (χ0v) is 18.3. The van der Waals surface area contributed by atoms with Crippen LogP contribution in [0.4, 0.5) is 21.6 Å². The number of carbonyl (C=O) groups excluding carboxylic acids is 1. The Bertz CT molecular complexity index is 1290. The Hall–Kier alpha value is -4.07. The van der Waals surface area contributed by atoms with Crippen molar-refractivity contribution in [2.45, 2.75) is 32.1 Å². The van der Waals surface area contributed by atoms with Crippen molar-refractivity contribution in [2.75, 3.05) is 10.6 Å². The zero-order chi connectivity index (χ0) is 23.0. The highest BCUT2D eigenvalue weighted by Crippen LogP contribution is 2.49. The smallest absolute Gasteiger partial charge is 0.235 e. The third kappa shape index (κ3) is 4.19. The van der Waals surface area contributed by atoms with Crippen molar-refractivity contribution in [1.82, 2.24) is 20.0 Å². The minimum absolute atomic E-state index is 0.0691. The van der Waals surface area contributed by atoms with Gasteiger partial charge in [-0.1, -0.05) is 12.1 Å². The Balaban J connectivity index is 1.23. The highest BCUT2D eigenvalue weighted by Gasteiger charge is 2.51. The molecule has 0 saturated heterocycles. The van der Waals surface area contributed by atoms with E-state index in [9.17, 15) is 9.18 Å². The number of nitrogens with zero attached hydrogens (tertiary/aromatic N) is 4. The van der Waals surface area contributed by atoms with E-state index in [2.05, 4.69) is 25.9 Å². The molecule has 4 aromatic rings. The second kappa shape index (κ2) is 8.12. The topological polar surface area (TPSA) is 84.7 Å².